The van der Waals surface area contributed by atoms with E-state index in [1.807, 2.05) is 0 Å². The molecule has 0 radical (unpaired) electrons. The summed E-state index contributed by atoms with van der Waals surface area (Å²) in [6.07, 6.45) is -6.75. The number of nitrogens with one attached hydrogen (secondary N) is 1. The van der Waals surface area contributed by atoms with Crippen LogP contribution in [0.1, 0.15) is 104 Å². The van der Waals surface area contributed by atoms with Gasteiger partial charge in [0.15, 0.2) is 24.5 Å². The van der Waals surface area contributed by atoms with Gasteiger partial charge in [0.2, 0.25) is 5.91 Å². The summed E-state index contributed by atoms with van der Waals surface area (Å²) in [6.45, 7) is 24.5. The van der Waals surface area contributed by atoms with Crippen LogP contribution in [0.15, 0.2) is 0 Å². The number of amides is 1. The van der Waals surface area contributed by atoms with Crippen molar-refractivity contribution in [1.82, 2.24) is 5.32 Å². The molecule has 0 saturated carbocycles. The lowest BCUT2D eigenvalue weighted by molar-refractivity contribution is -0.264. The molecule has 5 atom stereocenters. The Balaban J connectivity index is 3.82. The summed E-state index contributed by atoms with van der Waals surface area (Å²) < 4.78 is 29.5. The van der Waals surface area contributed by atoms with E-state index in [0.29, 0.717) is 0 Å². The highest BCUT2D eigenvalue weighted by Crippen LogP contribution is 2.34. The minimum atomic E-state index is -1.42. The van der Waals surface area contributed by atoms with Gasteiger partial charge in [-0.1, -0.05) is 20.8 Å². The van der Waals surface area contributed by atoms with Gasteiger partial charge >= 0.3 is 23.9 Å². The zero-order chi connectivity index (χ0) is 33.2. The van der Waals surface area contributed by atoms with Gasteiger partial charge in [0.1, 0.15) is 12.7 Å². The van der Waals surface area contributed by atoms with Gasteiger partial charge in [0.25, 0.3) is 0 Å². The third kappa shape index (κ3) is 10.5. The Morgan fingerprint density at radius 3 is 1.24 bits per heavy atom. The van der Waals surface area contributed by atoms with Crippen molar-refractivity contribution in [3.63, 3.8) is 0 Å². The monoisotopic (exact) mass is 599 g/mol. The molecule has 11 heteroatoms. The second-order valence-electron chi connectivity index (χ2n) is 16.0. The Hall–Kier alpha value is -2.69. The summed E-state index contributed by atoms with van der Waals surface area (Å²) in [6, 6.07) is 0. The third-order valence-corrected chi connectivity index (χ3v) is 6.15. The molecule has 0 aromatic carbocycles. The van der Waals surface area contributed by atoms with Crippen molar-refractivity contribution in [2.24, 2.45) is 27.1 Å². The van der Waals surface area contributed by atoms with Crippen LogP contribution in [0, 0.1) is 27.1 Å². The maximum absolute atomic E-state index is 13.3. The maximum atomic E-state index is 13.3. The van der Waals surface area contributed by atoms with Crippen molar-refractivity contribution >= 4 is 29.8 Å². The van der Waals surface area contributed by atoms with Gasteiger partial charge in [0.05, 0.1) is 21.7 Å². The fourth-order valence-corrected chi connectivity index (χ4v) is 3.19. The Bertz CT molecular complexity index is 1010. The van der Waals surface area contributed by atoms with Crippen molar-refractivity contribution in [2.75, 3.05) is 6.61 Å². The molecule has 0 aliphatic carbocycles. The van der Waals surface area contributed by atoms with E-state index in [2.05, 4.69) is 5.32 Å². The smallest absolute Gasteiger partial charge is 0.311 e. The molecule has 0 unspecified atom stereocenters. The summed E-state index contributed by atoms with van der Waals surface area (Å²) in [4.78, 5) is 65.4. The summed E-state index contributed by atoms with van der Waals surface area (Å²) in [5, 5.41) is 2.75. The summed E-state index contributed by atoms with van der Waals surface area (Å²) in [5.74, 6) is -2.98. The lowest BCUT2D eigenvalue weighted by atomic mass is 9.91. The average molecular weight is 600 g/mol. The van der Waals surface area contributed by atoms with Crippen LogP contribution >= 0.6 is 0 Å². The lowest BCUT2D eigenvalue weighted by Crippen LogP contribution is -2.67. The van der Waals surface area contributed by atoms with Crippen LogP contribution in [0.5, 0.6) is 0 Å². The van der Waals surface area contributed by atoms with Gasteiger partial charge < -0.3 is 29.0 Å². The molecule has 11 nitrogen and oxygen atoms in total. The zero-order valence-corrected chi connectivity index (χ0v) is 28.2. The molecule has 1 aliphatic heterocycles. The van der Waals surface area contributed by atoms with Crippen LogP contribution in [-0.2, 0) is 47.7 Å². The van der Waals surface area contributed by atoms with Crippen molar-refractivity contribution in [1.29, 1.82) is 0 Å². The highest BCUT2D eigenvalue weighted by atomic mass is 16.7. The number of rotatable bonds is 6. The van der Waals surface area contributed by atoms with Crippen molar-refractivity contribution in [3.05, 3.63) is 0 Å². The number of carbonyl (C=O) groups excluding carboxylic acids is 5. The molecule has 1 saturated heterocycles. The highest BCUT2D eigenvalue weighted by Gasteiger charge is 2.55. The van der Waals surface area contributed by atoms with E-state index in [4.69, 9.17) is 23.7 Å². The van der Waals surface area contributed by atoms with Gasteiger partial charge in [-0.3, -0.25) is 24.0 Å². The van der Waals surface area contributed by atoms with Crippen LogP contribution in [0.2, 0.25) is 0 Å². The van der Waals surface area contributed by atoms with Crippen LogP contribution in [-0.4, -0.2) is 67.0 Å². The number of hydrogen-bond donors (Lipinski definition) is 1. The minimum absolute atomic E-state index is 0.399. The van der Waals surface area contributed by atoms with E-state index in [-0.39, 0.29) is 0 Å². The minimum Gasteiger partial charge on any atom is -0.462 e. The predicted octanol–water partition coefficient (Wildman–Crippen LogP) is 4.34. The molecule has 42 heavy (non-hydrogen) atoms. The van der Waals surface area contributed by atoms with Crippen molar-refractivity contribution in [2.45, 2.75) is 134 Å². The molecule has 1 amide bonds. The largest absolute Gasteiger partial charge is 0.462 e. The SMILES string of the molecule is CC(C)(C)C(=O)N[C@@H]1O[C@@H](COC(=O)C(C)(C)C)[C@@H](OC(=O)C(C)(C)C)[C@@H](OC(=O)C(C)(C)C)[C@H]1OC(=O)C(C)(C)C. The molecule has 0 aromatic rings. The molecule has 1 rings (SSSR count). The molecule has 242 valence electrons. The summed E-state index contributed by atoms with van der Waals surface area (Å²) >= 11 is 0. The van der Waals surface area contributed by atoms with E-state index >= 15 is 0 Å². The lowest BCUT2D eigenvalue weighted by Gasteiger charge is -2.46. The molecule has 1 fully saturated rings. The van der Waals surface area contributed by atoms with E-state index in [1.54, 1.807) is 104 Å². The Morgan fingerprint density at radius 1 is 0.524 bits per heavy atom. The van der Waals surface area contributed by atoms with Gasteiger partial charge in [-0.25, -0.2) is 0 Å². The quantitative estimate of drug-likeness (QED) is 0.346. The first-order valence-electron chi connectivity index (χ1n) is 14.3. The molecule has 1 aliphatic rings. The molecular weight excluding hydrogens is 546 g/mol. The molecule has 1 N–H and O–H groups in total. The Labute approximate surface area is 251 Å². The fraction of sp³-hybridized carbons (Fsp3) is 0.839. The highest BCUT2D eigenvalue weighted by molar-refractivity contribution is 5.82. The molecule has 0 spiro atoms. The van der Waals surface area contributed by atoms with Crippen LogP contribution in [0.4, 0.5) is 0 Å². The fourth-order valence-electron chi connectivity index (χ4n) is 3.19. The Kier molecular flexibility index (Phi) is 11.5. The van der Waals surface area contributed by atoms with E-state index in [9.17, 15) is 24.0 Å². The van der Waals surface area contributed by atoms with E-state index in [1.165, 1.54) is 0 Å². The zero-order valence-electron chi connectivity index (χ0n) is 28.2. The second-order valence-corrected chi connectivity index (χ2v) is 16.0. The molecular formula is C31H53NO10. The van der Waals surface area contributed by atoms with Gasteiger partial charge in [0, 0.05) is 5.41 Å². The van der Waals surface area contributed by atoms with Crippen LogP contribution < -0.4 is 5.32 Å². The second kappa shape index (κ2) is 12.9. The van der Waals surface area contributed by atoms with Crippen molar-refractivity contribution in [3.8, 4) is 0 Å². The number of hydrogen-bond acceptors (Lipinski definition) is 10. The summed E-state index contributed by atoms with van der Waals surface area (Å²) in [7, 11) is 0. The predicted molar refractivity (Wildman–Crippen MR) is 155 cm³/mol. The first-order chi connectivity index (χ1) is 18.6. The Morgan fingerprint density at radius 2 is 0.881 bits per heavy atom. The molecule has 0 aromatic heterocycles. The standard InChI is InChI=1S/C31H53NO10/c1-27(2,3)22(33)32-21-20(42-26(37)31(13,14)15)19(41-25(36)30(10,11)12)18(40-24(35)29(7,8)9)17(39-21)16-38-23(34)28(4,5)6/h17-21H,16H2,1-15H3,(H,32,33)/t17-,18+,19+,20+,21+/m0/s1. The van der Waals surface area contributed by atoms with Crippen LogP contribution in [0.25, 0.3) is 0 Å². The number of ether oxygens (including phenoxy) is 5. The number of esters is 4. The first kappa shape index (κ1) is 37.3. The normalized spacial score (nSPS) is 23.8. The van der Waals surface area contributed by atoms with Gasteiger partial charge in [-0.15, -0.1) is 0 Å². The van der Waals surface area contributed by atoms with Crippen LogP contribution in [0.3, 0.4) is 0 Å². The van der Waals surface area contributed by atoms with Gasteiger partial charge in [-0.05, 0) is 83.1 Å². The summed E-state index contributed by atoms with van der Waals surface area (Å²) in [5.41, 5.74) is -4.67. The molecule has 1 heterocycles. The number of carbonyl (C=O) groups is 5. The van der Waals surface area contributed by atoms with E-state index < -0.39 is 94.1 Å². The van der Waals surface area contributed by atoms with Gasteiger partial charge in [-0.2, -0.15) is 0 Å². The third-order valence-electron chi connectivity index (χ3n) is 6.15. The maximum Gasteiger partial charge on any atom is 0.311 e. The topological polar surface area (TPSA) is 144 Å². The van der Waals surface area contributed by atoms with E-state index in [0.717, 1.165) is 0 Å². The van der Waals surface area contributed by atoms with Crippen molar-refractivity contribution < 1.29 is 47.7 Å². The first-order valence-corrected chi connectivity index (χ1v) is 14.3. The average Bonchev–Trinajstić information content (AvgIpc) is 2.77. The molecule has 0 bridgehead atoms.